The normalized spacial score (nSPS) is 29.6. The maximum atomic E-state index is 12.2. The van der Waals surface area contributed by atoms with Crippen LogP contribution < -0.4 is 5.32 Å². The number of nitrogens with zero attached hydrogens (tertiary/aromatic N) is 1. The summed E-state index contributed by atoms with van der Waals surface area (Å²) in [7, 11) is 0. The Morgan fingerprint density at radius 3 is 2.45 bits per heavy atom. The third-order valence-corrected chi connectivity index (χ3v) is 4.62. The fourth-order valence-electron chi connectivity index (χ4n) is 3.35. The number of aliphatic carboxylic acids is 1. The summed E-state index contributed by atoms with van der Waals surface area (Å²) < 4.78 is 0. The Labute approximate surface area is 120 Å². The number of rotatable bonds is 7. The third kappa shape index (κ3) is 3.72. The van der Waals surface area contributed by atoms with Gasteiger partial charge in [-0.3, -0.25) is 14.5 Å². The van der Waals surface area contributed by atoms with E-state index in [1.165, 1.54) is 12.8 Å². The van der Waals surface area contributed by atoms with Gasteiger partial charge < -0.3 is 10.4 Å². The molecule has 20 heavy (non-hydrogen) atoms. The van der Waals surface area contributed by atoms with Crippen LogP contribution in [-0.4, -0.2) is 47.6 Å². The van der Waals surface area contributed by atoms with Gasteiger partial charge in [0.05, 0.1) is 11.8 Å². The summed E-state index contributed by atoms with van der Waals surface area (Å²) in [5, 5.41) is 12.1. The second-order valence-electron chi connectivity index (χ2n) is 6.28. The smallest absolute Gasteiger partial charge is 0.307 e. The Morgan fingerprint density at radius 1 is 1.25 bits per heavy atom. The minimum Gasteiger partial charge on any atom is -0.481 e. The molecule has 114 valence electrons. The molecule has 2 saturated carbocycles. The molecular formula is C15H26N2O3. The molecule has 3 atom stereocenters. The van der Waals surface area contributed by atoms with E-state index >= 15 is 0 Å². The van der Waals surface area contributed by atoms with E-state index < -0.39 is 11.9 Å². The number of hydrogen-bond acceptors (Lipinski definition) is 3. The molecule has 0 aromatic heterocycles. The largest absolute Gasteiger partial charge is 0.481 e. The van der Waals surface area contributed by atoms with Gasteiger partial charge in [0.1, 0.15) is 0 Å². The summed E-state index contributed by atoms with van der Waals surface area (Å²) >= 11 is 0. The molecule has 5 nitrogen and oxygen atoms in total. The maximum absolute atomic E-state index is 12.2. The molecule has 0 saturated heterocycles. The topological polar surface area (TPSA) is 69.6 Å². The SMILES string of the molecule is CCN(CCNC(=O)C1CC(C)CC1C(=O)O)C1CC1. The summed E-state index contributed by atoms with van der Waals surface area (Å²) in [6, 6.07) is 0.704. The van der Waals surface area contributed by atoms with Gasteiger partial charge in [-0.25, -0.2) is 0 Å². The summed E-state index contributed by atoms with van der Waals surface area (Å²) in [6.07, 6.45) is 3.85. The summed E-state index contributed by atoms with van der Waals surface area (Å²) in [5.74, 6) is -1.43. The van der Waals surface area contributed by atoms with E-state index in [2.05, 4.69) is 17.1 Å². The second-order valence-corrected chi connectivity index (χ2v) is 6.28. The molecule has 0 heterocycles. The van der Waals surface area contributed by atoms with Gasteiger partial charge in [0.15, 0.2) is 0 Å². The van der Waals surface area contributed by atoms with Gasteiger partial charge in [-0.05, 0) is 38.1 Å². The van der Waals surface area contributed by atoms with Crippen LogP contribution in [-0.2, 0) is 9.59 Å². The Kier molecular flexibility index (Phi) is 5.02. The van der Waals surface area contributed by atoms with Crippen LogP contribution in [0.1, 0.15) is 39.5 Å². The molecule has 0 aromatic carbocycles. The molecule has 0 spiro atoms. The number of nitrogens with one attached hydrogen (secondary N) is 1. The van der Waals surface area contributed by atoms with Crippen molar-refractivity contribution < 1.29 is 14.7 Å². The highest BCUT2D eigenvalue weighted by Crippen LogP contribution is 2.36. The van der Waals surface area contributed by atoms with Crippen molar-refractivity contribution in [3.63, 3.8) is 0 Å². The van der Waals surface area contributed by atoms with Crippen LogP contribution in [0.5, 0.6) is 0 Å². The average molecular weight is 282 g/mol. The molecule has 0 aromatic rings. The minimum atomic E-state index is -0.831. The van der Waals surface area contributed by atoms with Crippen LogP contribution in [0, 0.1) is 17.8 Å². The molecule has 2 fully saturated rings. The lowest BCUT2D eigenvalue weighted by molar-refractivity contribution is -0.146. The fourth-order valence-corrected chi connectivity index (χ4v) is 3.35. The number of amides is 1. The lowest BCUT2D eigenvalue weighted by Crippen LogP contribution is -2.40. The zero-order valence-corrected chi connectivity index (χ0v) is 12.5. The monoisotopic (exact) mass is 282 g/mol. The number of carbonyl (C=O) groups excluding carboxylic acids is 1. The van der Waals surface area contributed by atoms with Gasteiger partial charge in [-0.2, -0.15) is 0 Å². The number of carboxylic acid groups (broad SMARTS) is 1. The summed E-state index contributed by atoms with van der Waals surface area (Å²) in [5.41, 5.74) is 0. The quantitative estimate of drug-likeness (QED) is 0.739. The van der Waals surface area contributed by atoms with Crippen LogP contribution in [0.15, 0.2) is 0 Å². The molecule has 1 amide bonds. The van der Waals surface area contributed by atoms with Crippen molar-refractivity contribution in [3.05, 3.63) is 0 Å². The predicted octanol–water partition coefficient (Wildman–Crippen LogP) is 1.33. The van der Waals surface area contributed by atoms with Crippen molar-refractivity contribution in [2.75, 3.05) is 19.6 Å². The lowest BCUT2D eigenvalue weighted by atomic mass is 9.95. The first kappa shape index (κ1) is 15.3. The molecule has 2 aliphatic rings. The highest BCUT2D eigenvalue weighted by Gasteiger charge is 2.41. The average Bonchev–Trinajstić information content (AvgIpc) is 3.16. The van der Waals surface area contributed by atoms with Crippen LogP contribution in [0.4, 0.5) is 0 Å². The lowest BCUT2D eigenvalue weighted by Gasteiger charge is -2.21. The van der Waals surface area contributed by atoms with Crippen molar-refractivity contribution in [1.29, 1.82) is 0 Å². The van der Waals surface area contributed by atoms with E-state index in [9.17, 15) is 14.7 Å². The van der Waals surface area contributed by atoms with Crippen LogP contribution >= 0.6 is 0 Å². The highest BCUT2D eigenvalue weighted by atomic mass is 16.4. The predicted molar refractivity (Wildman–Crippen MR) is 76.3 cm³/mol. The van der Waals surface area contributed by atoms with E-state index in [0.717, 1.165) is 13.1 Å². The Bertz CT molecular complexity index is 368. The molecule has 2 aliphatic carbocycles. The van der Waals surface area contributed by atoms with Crippen molar-refractivity contribution in [2.45, 2.75) is 45.6 Å². The number of likely N-dealkylation sites (N-methyl/N-ethyl adjacent to an activating group) is 1. The maximum Gasteiger partial charge on any atom is 0.307 e. The second kappa shape index (κ2) is 6.57. The molecular weight excluding hydrogens is 256 g/mol. The number of carbonyl (C=O) groups is 2. The van der Waals surface area contributed by atoms with Crippen molar-refractivity contribution in [1.82, 2.24) is 10.2 Å². The van der Waals surface area contributed by atoms with Crippen LogP contribution in [0.3, 0.4) is 0 Å². The number of carboxylic acids is 1. The van der Waals surface area contributed by atoms with E-state index in [4.69, 9.17) is 0 Å². The number of hydrogen-bond donors (Lipinski definition) is 2. The van der Waals surface area contributed by atoms with Crippen molar-refractivity contribution >= 4 is 11.9 Å². The molecule has 0 aliphatic heterocycles. The van der Waals surface area contributed by atoms with Gasteiger partial charge in [0.2, 0.25) is 5.91 Å². The van der Waals surface area contributed by atoms with E-state index in [-0.39, 0.29) is 11.8 Å². The first-order valence-electron chi connectivity index (χ1n) is 7.77. The minimum absolute atomic E-state index is 0.0754. The Morgan fingerprint density at radius 2 is 1.90 bits per heavy atom. The van der Waals surface area contributed by atoms with Gasteiger partial charge in [0, 0.05) is 19.1 Å². The van der Waals surface area contributed by atoms with Gasteiger partial charge in [-0.1, -0.05) is 13.8 Å². The van der Waals surface area contributed by atoms with Crippen LogP contribution in [0.25, 0.3) is 0 Å². The zero-order chi connectivity index (χ0) is 14.7. The van der Waals surface area contributed by atoms with Crippen LogP contribution in [0.2, 0.25) is 0 Å². The van der Waals surface area contributed by atoms with E-state index in [1.54, 1.807) is 0 Å². The zero-order valence-electron chi connectivity index (χ0n) is 12.5. The standard InChI is InChI=1S/C15H26N2O3/c1-3-17(11-4-5-11)7-6-16-14(18)12-8-10(2)9-13(12)15(19)20/h10-13H,3-9H2,1-2H3,(H,16,18)(H,19,20). The van der Waals surface area contributed by atoms with E-state index in [1.807, 2.05) is 6.92 Å². The first-order chi connectivity index (χ1) is 9.52. The molecule has 2 N–H and O–H groups in total. The van der Waals surface area contributed by atoms with Gasteiger partial charge >= 0.3 is 5.97 Å². The van der Waals surface area contributed by atoms with Gasteiger partial charge in [0.25, 0.3) is 0 Å². The molecule has 0 bridgehead atoms. The Balaban J connectivity index is 1.77. The summed E-state index contributed by atoms with van der Waals surface area (Å²) in [6.45, 7) is 6.67. The summed E-state index contributed by atoms with van der Waals surface area (Å²) in [4.78, 5) is 25.7. The van der Waals surface area contributed by atoms with Crippen molar-refractivity contribution in [2.24, 2.45) is 17.8 Å². The molecule has 2 rings (SSSR count). The van der Waals surface area contributed by atoms with Crippen molar-refractivity contribution in [3.8, 4) is 0 Å². The molecule has 3 unspecified atom stereocenters. The highest BCUT2D eigenvalue weighted by molar-refractivity contribution is 5.85. The van der Waals surface area contributed by atoms with E-state index in [0.29, 0.717) is 31.3 Å². The fraction of sp³-hybridized carbons (Fsp3) is 0.867. The molecule has 5 heteroatoms. The first-order valence-corrected chi connectivity index (χ1v) is 7.77. The van der Waals surface area contributed by atoms with Gasteiger partial charge in [-0.15, -0.1) is 0 Å². The molecule has 0 radical (unpaired) electrons. The Hall–Kier alpha value is -1.10. The third-order valence-electron chi connectivity index (χ3n) is 4.62.